The molecule has 0 aliphatic heterocycles. The zero-order chi connectivity index (χ0) is 16.2. The Kier molecular flexibility index (Phi) is 4.36. The van der Waals surface area contributed by atoms with Crippen LogP contribution in [-0.2, 0) is 6.42 Å². The van der Waals surface area contributed by atoms with Crippen molar-refractivity contribution in [3.63, 3.8) is 0 Å². The van der Waals surface area contributed by atoms with E-state index in [4.69, 9.17) is 0 Å². The van der Waals surface area contributed by atoms with Crippen molar-refractivity contribution in [1.29, 1.82) is 0 Å². The smallest absolute Gasteiger partial charge is 0.387 e. The van der Waals surface area contributed by atoms with Gasteiger partial charge in [-0.3, -0.25) is 0 Å². The van der Waals surface area contributed by atoms with Crippen LogP contribution in [0, 0.1) is 5.82 Å². The zero-order valence-electron chi connectivity index (χ0n) is 12.0. The Hall–Kier alpha value is -2.70. The number of benzene rings is 1. The number of aromatic amines is 1. The van der Waals surface area contributed by atoms with E-state index >= 15 is 0 Å². The molecule has 0 spiro atoms. The Bertz CT molecular complexity index is 787. The molecule has 0 aliphatic rings. The van der Waals surface area contributed by atoms with Crippen molar-refractivity contribution in [2.24, 2.45) is 0 Å². The summed E-state index contributed by atoms with van der Waals surface area (Å²) in [7, 11) is 0. The van der Waals surface area contributed by atoms with Gasteiger partial charge < -0.3 is 15.0 Å². The highest BCUT2D eigenvalue weighted by molar-refractivity contribution is 5.83. The first-order chi connectivity index (χ1) is 11.1. The Morgan fingerprint density at radius 2 is 2.09 bits per heavy atom. The van der Waals surface area contributed by atoms with Gasteiger partial charge in [0, 0.05) is 23.6 Å². The number of ether oxygens (including phenoxy) is 1. The minimum absolute atomic E-state index is 0.0117. The lowest BCUT2D eigenvalue weighted by Crippen LogP contribution is -2.07. The molecule has 0 fully saturated rings. The number of hydrogen-bond donors (Lipinski definition) is 2. The summed E-state index contributed by atoms with van der Waals surface area (Å²) in [5.74, 6) is 0.290. The van der Waals surface area contributed by atoms with Gasteiger partial charge in [-0.05, 0) is 42.3 Å². The van der Waals surface area contributed by atoms with Gasteiger partial charge in [-0.25, -0.2) is 9.37 Å². The van der Waals surface area contributed by atoms with Crippen LogP contribution in [0.15, 0.2) is 42.7 Å². The maximum Gasteiger partial charge on any atom is 0.387 e. The zero-order valence-corrected chi connectivity index (χ0v) is 12.0. The second kappa shape index (κ2) is 6.60. The highest BCUT2D eigenvalue weighted by atomic mass is 19.3. The maximum absolute atomic E-state index is 13.3. The van der Waals surface area contributed by atoms with E-state index in [1.807, 2.05) is 6.20 Å². The van der Waals surface area contributed by atoms with E-state index in [9.17, 15) is 13.2 Å². The van der Waals surface area contributed by atoms with Crippen molar-refractivity contribution in [2.45, 2.75) is 13.0 Å². The van der Waals surface area contributed by atoms with Gasteiger partial charge in [0.2, 0.25) is 0 Å². The highest BCUT2D eigenvalue weighted by Gasteiger charge is 2.06. The van der Waals surface area contributed by atoms with Gasteiger partial charge >= 0.3 is 6.61 Å². The molecule has 0 radical (unpaired) electrons. The van der Waals surface area contributed by atoms with Crippen LogP contribution in [0.1, 0.15) is 5.56 Å². The molecule has 2 aromatic heterocycles. The summed E-state index contributed by atoms with van der Waals surface area (Å²) in [6.45, 7) is -2.29. The molecular formula is C16H14F3N3O. The van der Waals surface area contributed by atoms with Gasteiger partial charge in [-0.1, -0.05) is 0 Å². The average molecular weight is 321 g/mol. The third kappa shape index (κ3) is 3.74. The number of pyridine rings is 1. The monoisotopic (exact) mass is 321 g/mol. The van der Waals surface area contributed by atoms with Crippen molar-refractivity contribution in [2.75, 3.05) is 11.9 Å². The first-order valence-corrected chi connectivity index (χ1v) is 7.02. The summed E-state index contributed by atoms with van der Waals surface area (Å²) >= 11 is 0. The van der Waals surface area contributed by atoms with E-state index in [-0.39, 0.29) is 11.6 Å². The maximum atomic E-state index is 13.3. The first-order valence-electron chi connectivity index (χ1n) is 7.02. The SMILES string of the molecule is Fc1ccc2[nH]cc(CCNc3ccc(OC(F)F)cn3)c2c1. The molecule has 0 amide bonds. The lowest BCUT2D eigenvalue weighted by Gasteiger charge is -2.07. The summed E-state index contributed by atoms with van der Waals surface area (Å²) < 4.78 is 41.6. The molecule has 2 N–H and O–H groups in total. The summed E-state index contributed by atoms with van der Waals surface area (Å²) in [5.41, 5.74) is 1.87. The normalized spacial score (nSPS) is 11.1. The average Bonchev–Trinajstić information content (AvgIpc) is 2.91. The van der Waals surface area contributed by atoms with Crippen molar-refractivity contribution in [3.05, 3.63) is 54.1 Å². The van der Waals surface area contributed by atoms with E-state index < -0.39 is 6.61 Å². The van der Waals surface area contributed by atoms with Gasteiger partial charge in [0.05, 0.1) is 6.20 Å². The molecule has 3 aromatic rings. The molecule has 7 heteroatoms. The molecular weight excluding hydrogens is 307 g/mol. The van der Waals surface area contributed by atoms with Crippen LogP contribution in [0.4, 0.5) is 19.0 Å². The second-order valence-electron chi connectivity index (χ2n) is 4.94. The fourth-order valence-corrected chi connectivity index (χ4v) is 2.34. The van der Waals surface area contributed by atoms with Crippen LogP contribution in [0.5, 0.6) is 5.75 Å². The molecule has 0 bridgehead atoms. The van der Waals surface area contributed by atoms with Crippen LogP contribution in [0.2, 0.25) is 0 Å². The van der Waals surface area contributed by atoms with Gasteiger partial charge in [-0.2, -0.15) is 8.78 Å². The van der Waals surface area contributed by atoms with Crippen LogP contribution >= 0.6 is 0 Å². The number of anilines is 1. The van der Waals surface area contributed by atoms with Crippen molar-refractivity contribution in [1.82, 2.24) is 9.97 Å². The Labute approximate surface area is 130 Å². The quantitative estimate of drug-likeness (QED) is 0.722. The Balaban J connectivity index is 1.59. The van der Waals surface area contributed by atoms with Gasteiger partial charge in [0.25, 0.3) is 0 Å². The fraction of sp³-hybridized carbons (Fsp3) is 0.188. The lowest BCUT2D eigenvalue weighted by molar-refractivity contribution is -0.0500. The topological polar surface area (TPSA) is 49.9 Å². The molecule has 3 rings (SSSR count). The molecule has 120 valence electrons. The number of rotatable bonds is 6. The minimum Gasteiger partial charge on any atom is -0.433 e. The van der Waals surface area contributed by atoms with Crippen LogP contribution in [0.3, 0.4) is 0 Å². The van der Waals surface area contributed by atoms with Crippen molar-refractivity contribution >= 4 is 16.7 Å². The van der Waals surface area contributed by atoms with E-state index in [1.54, 1.807) is 12.1 Å². The van der Waals surface area contributed by atoms with Gasteiger partial charge in [-0.15, -0.1) is 0 Å². The second-order valence-corrected chi connectivity index (χ2v) is 4.94. The largest absolute Gasteiger partial charge is 0.433 e. The number of nitrogens with one attached hydrogen (secondary N) is 2. The summed E-state index contributed by atoms with van der Waals surface area (Å²) in [4.78, 5) is 7.08. The summed E-state index contributed by atoms with van der Waals surface area (Å²) in [6.07, 6.45) is 3.74. The van der Waals surface area contributed by atoms with Crippen LogP contribution < -0.4 is 10.1 Å². The molecule has 2 heterocycles. The van der Waals surface area contributed by atoms with E-state index in [0.29, 0.717) is 18.8 Å². The third-order valence-electron chi connectivity index (χ3n) is 3.39. The number of hydrogen-bond acceptors (Lipinski definition) is 3. The molecule has 0 atom stereocenters. The van der Waals surface area contributed by atoms with Gasteiger partial charge in [0.1, 0.15) is 17.4 Å². The summed E-state index contributed by atoms with van der Waals surface area (Å²) in [6, 6.07) is 7.59. The van der Waals surface area contributed by atoms with Crippen LogP contribution in [0.25, 0.3) is 10.9 Å². The molecule has 0 saturated carbocycles. The minimum atomic E-state index is -2.86. The summed E-state index contributed by atoms with van der Waals surface area (Å²) in [5, 5.41) is 3.93. The van der Waals surface area contributed by atoms with E-state index in [2.05, 4.69) is 20.0 Å². The molecule has 23 heavy (non-hydrogen) atoms. The van der Waals surface area contributed by atoms with Crippen molar-refractivity contribution in [3.8, 4) is 5.75 Å². The predicted octanol–water partition coefficient (Wildman–Crippen LogP) is 3.96. The molecule has 0 saturated heterocycles. The highest BCUT2D eigenvalue weighted by Crippen LogP contribution is 2.20. The number of halogens is 3. The van der Waals surface area contributed by atoms with Crippen LogP contribution in [-0.4, -0.2) is 23.1 Å². The number of nitrogens with zero attached hydrogens (tertiary/aromatic N) is 1. The number of alkyl halides is 2. The van der Waals surface area contributed by atoms with Gasteiger partial charge in [0.15, 0.2) is 0 Å². The Morgan fingerprint density at radius 1 is 1.22 bits per heavy atom. The Morgan fingerprint density at radius 3 is 2.83 bits per heavy atom. The first kappa shape index (κ1) is 15.2. The van der Waals surface area contributed by atoms with E-state index in [1.165, 1.54) is 24.4 Å². The predicted molar refractivity (Wildman–Crippen MR) is 81.3 cm³/mol. The molecule has 4 nitrogen and oxygen atoms in total. The lowest BCUT2D eigenvalue weighted by atomic mass is 10.1. The fourth-order valence-electron chi connectivity index (χ4n) is 2.34. The molecule has 0 aliphatic carbocycles. The molecule has 1 aromatic carbocycles. The third-order valence-corrected chi connectivity index (χ3v) is 3.39. The number of fused-ring (bicyclic) bond motifs is 1. The standard InChI is InChI=1S/C16H14F3N3O/c17-11-1-3-14-13(7-11)10(8-21-14)5-6-20-15-4-2-12(9-22-15)23-16(18)19/h1-4,7-9,16,21H,5-6H2,(H,20,22). The van der Waals surface area contributed by atoms with Crippen molar-refractivity contribution < 1.29 is 17.9 Å². The number of aromatic nitrogens is 2. The number of H-pyrrole nitrogens is 1. The molecule has 0 unspecified atom stereocenters. The van der Waals surface area contributed by atoms with E-state index in [0.717, 1.165) is 16.5 Å².